The van der Waals surface area contributed by atoms with Gasteiger partial charge in [0.25, 0.3) is 0 Å². The van der Waals surface area contributed by atoms with Crippen LogP contribution in [0.5, 0.6) is 0 Å². The minimum Gasteiger partial charge on any atom is -0.396 e. The summed E-state index contributed by atoms with van der Waals surface area (Å²) >= 11 is 0. The zero-order valence-electron chi connectivity index (χ0n) is 10.6. The van der Waals surface area contributed by atoms with Gasteiger partial charge in [-0.05, 0) is 43.7 Å². The van der Waals surface area contributed by atoms with E-state index < -0.39 is 0 Å². The molecule has 1 heterocycles. The lowest BCUT2D eigenvalue weighted by Crippen LogP contribution is -2.36. The predicted molar refractivity (Wildman–Crippen MR) is 64.9 cm³/mol. The Kier molecular flexibility index (Phi) is 5.07. The second-order valence-corrected chi connectivity index (χ2v) is 6.17. The monoisotopic (exact) mass is 213 g/mol. The van der Waals surface area contributed by atoms with Crippen LogP contribution < -0.4 is 0 Å². The SMILES string of the molecule is CC(C)(C)CC(CO)CN1CCCCC1. The first kappa shape index (κ1) is 13.0. The highest BCUT2D eigenvalue weighted by molar-refractivity contribution is 4.74. The van der Waals surface area contributed by atoms with Crippen LogP contribution in [-0.4, -0.2) is 36.2 Å². The Morgan fingerprint density at radius 2 is 1.73 bits per heavy atom. The van der Waals surface area contributed by atoms with E-state index in [2.05, 4.69) is 25.7 Å². The first-order valence-corrected chi connectivity index (χ1v) is 6.34. The van der Waals surface area contributed by atoms with Crippen molar-refractivity contribution in [1.29, 1.82) is 0 Å². The van der Waals surface area contributed by atoms with Crippen LogP contribution in [0.4, 0.5) is 0 Å². The van der Waals surface area contributed by atoms with Gasteiger partial charge in [-0.15, -0.1) is 0 Å². The van der Waals surface area contributed by atoms with Gasteiger partial charge in [0.15, 0.2) is 0 Å². The van der Waals surface area contributed by atoms with Gasteiger partial charge in [-0.1, -0.05) is 27.2 Å². The highest BCUT2D eigenvalue weighted by Crippen LogP contribution is 2.25. The Morgan fingerprint density at radius 3 is 2.20 bits per heavy atom. The van der Waals surface area contributed by atoms with E-state index in [0.29, 0.717) is 17.9 Å². The molecule has 0 aliphatic carbocycles. The van der Waals surface area contributed by atoms with Gasteiger partial charge in [-0.3, -0.25) is 0 Å². The lowest BCUT2D eigenvalue weighted by atomic mass is 9.84. The Balaban J connectivity index is 2.31. The Labute approximate surface area is 94.7 Å². The van der Waals surface area contributed by atoms with Crippen molar-refractivity contribution in [2.75, 3.05) is 26.2 Å². The molecule has 1 unspecified atom stereocenters. The average Bonchev–Trinajstić information content (AvgIpc) is 2.16. The molecule has 2 heteroatoms. The maximum Gasteiger partial charge on any atom is 0.0471 e. The number of likely N-dealkylation sites (tertiary alicyclic amines) is 1. The first-order valence-electron chi connectivity index (χ1n) is 6.34. The van der Waals surface area contributed by atoms with Gasteiger partial charge < -0.3 is 10.0 Å². The van der Waals surface area contributed by atoms with Crippen molar-refractivity contribution in [1.82, 2.24) is 4.90 Å². The number of aliphatic hydroxyl groups is 1. The van der Waals surface area contributed by atoms with Gasteiger partial charge >= 0.3 is 0 Å². The van der Waals surface area contributed by atoms with Gasteiger partial charge in [0.05, 0.1) is 0 Å². The van der Waals surface area contributed by atoms with E-state index >= 15 is 0 Å². The van der Waals surface area contributed by atoms with Crippen LogP contribution in [0.2, 0.25) is 0 Å². The summed E-state index contributed by atoms with van der Waals surface area (Å²) < 4.78 is 0. The number of hydrogen-bond donors (Lipinski definition) is 1. The van der Waals surface area contributed by atoms with E-state index in [1.54, 1.807) is 0 Å². The molecule has 1 saturated heterocycles. The quantitative estimate of drug-likeness (QED) is 0.775. The third kappa shape index (κ3) is 5.53. The Morgan fingerprint density at radius 1 is 1.13 bits per heavy atom. The van der Waals surface area contributed by atoms with Gasteiger partial charge in [-0.2, -0.15) is 0 Å². The normalized spacial score (nSPS) is 21.6. The number of hydrogen-bond acceptors (Lipinski definition) is 2. The fraction of sp³-hybridized carbons (Fsp3) is 1.00. The van der Waals surface area contributed by atoms with Crippen molar-refractivity contribution < 1.29 is 5.11 Å². The van der Waals surface area contributed by atoms with Crippen LogP contribution in [0.3, 0.4) is 0 Å². The lowest BCUT2D eigenvalue weighted by molar-refractivity contribution is 0.118. The Bertz CT molecular complexity index is 168. The van der Waals surface area contributed by atoms with Crippen LogP contribution in [0, 0.1) is 11.3 Å². The molecule has 0 bridgehead atoms. The minimum atomic E-state index is 0.336. The van der Waals surface area contributed by atoms with E-state index in [-0.39, 0.29) is 0 Å². The van der Waals surface area contributed by atoms with Gasteiger partial charge in [0.2, 0.25) is 0 Å². The standard InChI is InChI=1S/C13H27NO/c1-13(2,3)9-12(11-15)10-14-7-5-4-6-8-14/h12,15H,4-11H2,1-3H3. The molecule has 90 valence electrons. The zero-order chi connectivity index (χ0) is 11.3. The predicted octanol–water partition coefficient (Wildman–Crippen LogP) is 2.52. The number of aliphatic hydroxyl groups excluding tert-OH is 1. The molecule has 2 nitrogen and oxygen atoms in total. The molecule has 1 aliphatic heterocycles. The fourth-order valence-electron chi connectivity index (χ4n) is 2.56. The van der Waals surface area contributed by atoms with E-state index in [1.807, 2.05) is 0 Å². The highest BCUT2D eigenvalue weighted by Gasteiger charge is 2.21. The molecule has 0 amide bonds. The molecule has 0 aromatic heterocycles. The van der Waals surface area contributed by atoms with Crippen LogP contribution in [0.25, 0.3) is 0 Å². The van der Waals surface area contributed by atoms with Crippen molar-refractivity contribution in [3.05, 3.63) is 0 Å². The summed E-state index contributed by atoms with van der Waals surface area (Å²) in [5.74, 6) is 0.461. The lowest BCUT2D eigenvalue weighted by Gasteiger charge is -2.32. The second-order valence-electron chi connectivity index (χ2n) is 6.17. The minimum absolute atomic E-state index is 0.336. The molecule has 0 spiro atoms. The van der Waals surface area contributed by atoms with Gasteiger partial charge in [0, 0.05) is 13.2 Å². The van der Waals surface area contributed by atoms with Crippen molar-refractivity contribution in [3.63, 3.8) is 0 Å². The topological polar surface area (TPSA) is 23.5 Å². The molecule has 1 atom stereocenters. The van der Waals surface area contributed by atoms with Crippen LogP contribution in [-0.2, 0) is 0 Å². The number of nitrogens with zero attached hydrogens (tertiary/aromatic N) is 1. The summed E-state index contributed by atoms with van der Waals surface area (Å²) in [5, 5.41) is 9.39. The third-order valence-corrected chi connectivity index (χ3v) is 3.12. The summed E-state index contributed by atoms with van der Waals surface area (Å²) in [6, 6.07) is 0. The summed E-state index contributed by atoms with van der Waals surface area (Å²) in [7, 11) is 0. The summed E-state index contributed by atoms with van der Waals surface area (Å²) in [4.78, 5) is 2.52. The summed E-state index contributed by atoms with van der Waals surface area (Å²) in [5.41, 5.74) is 0.336. The summed E-state index contributed by atoms with van der Waals surface area (Å²) in [6.07, 6.45) is 5.20. The number of piperidine rings is 1. The molecule has 1 rings (SSSR count). The maximum atomic E-state index is 9.39. The molecular formula is C13H27NO. The van der Waals surface area contributed by atoms with Crippen molar-refractivity contribution in [3.8, 4) is 0 Å². The molecule has 0 radical (unpaired) electrons. The fourth-order valence-corrected chi connectivity index (χ4v) is 2.56. The molecule has 1 N–H and O–H groups in total. The maximum absolute atomic E-state index is 9.39. The molecular weight excluding hydrogens is 186 g/mol. The highest BCUT2D eigenvalue weighted by atomic mass is 16.3. The second kappa shape index (κ2) is 5.86. The van der Waals surface area contributed by atoms with Crippen molar-refractivity contribution >= 4 is 0 Å². The number of rotatable bonds is 4. The van der Waals surface area contributed by atoms with Crippen molar-refractivity contribution in [2.24, 2.45) is 11.3 Å². The van der Waals surface area contributed by atoms with Crippen LogP contribution in [0.1, 0.15) is 46.5 Å². The van der Waals surface area contributed by atoms with Crippen LogP contribution in [0.15, 0.2) is 0 Å². The average molecular weight is 213 g/mol. The largest absolute Gasteiger partial charge is 0.396 e. The van der Waals surface area contributed by atoms with Crippen molar-refractivity contribution in [2.45, 2.75) is 46.5 Å². The van der Waals surface area contributed by atoms with E-state index in [4.69, 9.17) is 0 Å². The van der Waals surface area contributed by atoms with E-state index in [9.17, 15) is 5.11 Å². The molecule has 0 aromatic carbocycles. The van der Waals surface area contributed by atoms with E-state index in [1.165, 1.54) is 32.4 Å². The third-order valence-electron chi connectivity index (χ3n) is 3.12. The molecule has 15 heavy (non-hydrogen) atoms. The molecule has 0 aromatic rings. The van der Waals surface area contributed by atoms with E-state index in [0.717, 1.165) is 13.0 Å². The molecule has 1 aliphatic rings. The molecule has 1 fully saturated rings. The smallest absolute Gasteiger partial charge is 0.0471 e. The van der Waals surface area contributed by atoms with Gasteiger partial charge in [0.1, 0.15) is 0 Å². The van der Waals surface area contributed by atoms with Gasteiger partial charge in [-0.25, -0.2) is 0 Å². The first-order chi connectivity index (χ1) is 7.01. The zero-order valence-corrected chi connectivity index (χ0v) is 10.6. The Hall–Kier alpha value is -0.0800. The summed E-state index contributed by atoms with van der Waals surface area (Å²) in [6.45, 7) is 10.7. The molecule has 0 saturated carbocycles. The van der Waals surface area contributed by atoms with Crippen LogP contribution >= 0.6 is 0 Å².